The monoisotopic (exact) mass is 345 g/mol. The second-order valence-corrected chi connectivity index (χ2v) is 7.33. The summed E-state index contributed by atoms with van der Waals surface area (Å²) in [5.41, 5.74) is 2.22. The first-order valence-corrected chi connectivity index (χ1v) is 9.40. The summed E-state index contributed by atoms with van der Waals surface area (Å²) in [4.78, 5) is 14.8. The van der Waals surface area contributed by atoms with Crippen LogP contribution in [0.5, 0.6) is 5.75 Å². The predicted octanol–water partition coefficient (Wildman–Crippen LogP) is 2.51. The Balaban J connectivity index is 1.51. The molecule has 0 aromatic heterocycles. The van der Waals surface area contributed by atoms with Crippen molar-refractivity contribution in [1.29, 1.82) is 0 Å². The highest BCUT2D eigenvalue weighted by molar-refractivity contribution is 5.79. The smallest absolute Gasteiger partial charge is 0.228 e. The number of likely N-dealkylation sites (tertiary alicyclic amines) is 1. The quantitative estimate of drug-likeness (QED) is 0.826. The number of benzene rings is 1. The highest BCUT2D eigenvalue weighted by Crippen LogP contribution is 2.46. The lowest BCUT2D eigenvalue weighted by molar-refractivity contribution is -0.148. The molecule has 1 atom stereocenters. The average molecular weight is 345 g/mol. The van der Waals surface area contributed by atoms with Gasteiger partial charge in [0.25, 0.3) is 0 Å². The van der Waals surface area contributed by atoms with Crippen LogP contribution in [0.15, 0.2) is 18.2 Å². The molecule has 1 aromatic carbocycles. The van der Waals surface area contributed by atoms with Gasteiger partial charge < -0.3 is 19.1 Å². The minimum atomic E-state index is -0.306. The third-order valence-corrected chi connectivity index (χ3v) is 5.93. The Labute approximate surface area is 149 Å². The van der Waals surface area contributed by atoms with Crippen LogP contribution in [0.3, 0.4) is 0 Å². The van der Waals surface area contributed by atoms with Gasteiger partial charge in [-0.2, -0.15) is 0 Å². The van der Waals surface area contributed by atoms with Crippen molar-refractivity contribution in [2.24, 2.45) is 5.92 Å². The number of methoxy groups -OCH3 is 1. The fraction of sp³-hybridized carbons (Fsp3) is 0.650. The number of carbonyl (C=O) groups excluding carboxylic acids is 1. The third-order valence-electron chi connectivity index (χ3n) is 5.93. The van der Waals surface area contributed by atoms with Crippen LogP contribution in [0.2, 0.25) is 0 Å². The van der Waals surface area contributed by atoms with Crippen molar-refractivity contribution >= 4 is 5.91 Å². The fourth-order valence-corrected chi connectivity index (χ4v) is 4.58. The zero-order valence-corrected chi connectivity index (χ0v) is 15.0. The first kappa shape index (κ1) is 16.9. The van der Waals surface area contributed by atoms with Crippen LogP contribution in [0.4, 0.5) is 0 Å². The second-order valence-electron chi connectivity index (χ2n) is 7.33. The lowest BCUT2D eigenvalue weighted by Gasteiger charge is -2.46. The van der Waals surface area contributed by atoms with E-state index in [4.69, 9.17) is 14.2 Å². The summed E-state index contributed by atoms with van der Waals surface area (Å²) in [5, 5.41) is 0. The largest absolute Gasteiger partial charge is 0.496 e. The molecule has 1 spiro atoms. The van der Waals surface area contributed by atoms with Gasteiger partial charge in [0, 0.05) is 25.3 Å². The summed E-state index contributed by atoms with van der Waals surface area (Å²) in [6.45, 7) is 3.59. The summed E-state index contributed by atoms with van der Waals surface area (Å²) < 4.78 is 17.4. The van der Waals surface area contributed by atoms with Gasteiger partial charge in [-0.15, -0.1) is 0 Å². The van der Waals surface area contributed by atoms with E-state index >= 15 is 0 Å². The van der Waals surface area contributed by atoms with Crippen LogP contribution >= 0.6 is 0 Å². The van der Waals surface area contributed by atoms with Crippen LogP contribution in [-0.4, -0.2) is 50.8 Å². The van der Waals surface area contributed by atoms with Gasteiger partial charge >= 0.3 is 0 Å². The van der Waals surface area contributed by atoms with E-state index in [0.717, 1.165) is 64.2 Å². The minimum Gasteiger partial charge on any atom is -0.496 e. The number of piperidine rings is 1. The van der Waals surface area contributed by atoms with Crippen LogP contribution in [0.25, 0.3) is 0 Å². The summed E-state index contributed by atoms with van der Waals surface area (Å²) in [5.74, 6) is 1.21. The molecule has 1 amide bonds. The van der Waals surface area contributed by atoms with Gasteiger partial charge in [0.1, 0.15) is 11.4 Å². The van der Waals surface area contributed by atoms with Gasteiger partial charge in [-0.05, 0) is 43.7 Å². The molecule has 0 aliphatic carbocycles. The summed E-state index contributed by atoms with van der Waals surface area (Å²) in [7, 11) is 1.72. The lowest BCUT2D eigenvalue weighted by Crippen LogP contribution is -2.50. The van der Waals surface area contributed by atoms with E-state index in [9.17, 15) is 4.79 Å². The SMILES string of the molecule is COc1cccc2c1C1(CCN(C(=O)C3CCCOC3)CC1)OCC2. The maximum absolute atomic E-state index is 12.8. The maximum atomic E-state index is 12.8. The van der Waals surface area contributed by atoms with E-state index in [1.54, 1.807) is 7.11 Å². The van der Waals surface area contributed by atoms with Crippen molar-refractivity contribution < 1.29 is 19.0 Å². The Morgan fingerprint density at radius 1 is 1.28 bits per heavy atom. The number of fused-ring (bicyclic) bond motifs is 2. The first-order valence-electron chi connectivity index (χ1n) is 9.40. The van der Waals surface area contributed by atoms with Crippen LogP contribution < -0.4 is 4.74 Å². The maximum Gasteiger partial charge on any atom is 0.228 e. The van der Waals surface area contributed by atoms with Crippen molar-refractivity contribution in [2.45, 2.75) is 37.7 Å². The van der Waals surface area contributed by atoms with Gasteiger partial charge in [-0.3, -0.25) is 4.79 Å². The molecule has 4 rings (SSSR count). The van der Waals surface area contributed by atoms with Crippen molar-refractivity contribution in [2.75, 3.05) is 40.0 Å². The van der Waals surface area contributed by atoms with Crippen LogP contribution in [0, 0.1) is 5.92 Å². The van der Waals surface area contributed by atoms with E-state index in [1.165, 1.54) is 11.1 Å². The molecule has 3 aliphatic heterocycles. The van der Waals surface area contributed by atoms with Crippen molar-refractivity contribution in [3.63, 3.8) is 0 Å². The number of amides is 1. The number of rotatable bonds is 2. The van der Waals surface area contributed by atoms with Gasteiger partial charge in [0.2, 0.25) is 5.91 Å². The summed E-state index contributed by atoms with van der Waals surface area (Å²) in [6.07, 6.45) is 4.53. The molecular weight excluding hydrogens is 318 g/mol. The molecule has 136 valence electrons. The fourth-order valence-electron chi connectivity index (χ4n) is 4.58. The number of carbonyl (C=O) groups is 1. The zero-order valence-electron chi connectivity index (χ0n) is 15.0. The van der Waals surface area contributed by atoms with Gasteiger partial charge in [0.05, 0.1) is 26.2 Å². The molecule has 5 nitrogen and oxygen atoms in total. The van der Waals surface area contributed by atoms with Crippen LogP contribution in [-0.2, 0) is 26.3 Å². The molecule has 2 saturated heterocycles. The average Bonchev–Trinajstić information content (AvgIpc) is 2.68. The summed E-state index contributed by atoms with van der Waals surface area (Å²) >= 11 is 0. The third kappa shape index (κ3) is 3.04. The normalized spacial score (nSPS) is 25.5. The Kier molecular flexibility index (Phi) is 4.69. The standard InChI is InChI=1S/C20H27NO4/c1-23-17-6-2-4-15-7-13-25-20(18(15)17)8-10-21(11-9-20)19(22)16-5-3-12-24-14-16/h2,4,6,16H,3,5,7-14H2,1H3. The number of ether oxygens (including phenoxy) is 3. The van der Waals surface area contributed by atoms with E-state index in [0.29, 0.717) is 6.61 Å². The topological polar surface area (TPSA) is 48.0 Å². The number of hydrogen-bond acceptors (Lipinski definition) is 4. The Bertz CT molecular complexity index is 616. The van der Waals surface area contributed by atoms with Gasteiger partial charge in [-0.25, -0.2) is 0 Å². The Morgan fingerprint density at radius 2 is 2.12 bits per heavy atom. The Hall–Kier alpha value is -1.59. The highest BCUT2D eigenvalue weighted by Gasteiger charge is 2.44. The van der Waals surface area contributed by atoms with E-state index in [1.807, 2.05) is 11.0 Å². The molecule has 0 saturated carbocycles. The first-order chi connectivity index (χ1) is 12.2. The van der Waals surface area contributed by atoms with Crippen LogP contribution in [0.1, 0.15) is 36.8 Å². The molecule has 3 aliphatic rings. The van der Waals surface area contributed by atoms with E-state index in [-0.39, 0.29) is 17.4 Å². The Morgan fingerprint density at radius 3 is 2.84 bits per heavy atom. The van der Waals surface area contributed by atoms with Gasteiger partial charge in [-0.1, -0.05) is 12.1 Å². The molecular formula is C20H27NO4. The number of nitrogens with zero attached hydrogens (tertiary/aromatic N) is 1. The van der Waals surface area contributed by atoms with Crippen molar-refractivity contribution in [1.82, 2.24) is 4.90 Å². The van der Waals surface area contributed by atoms with Crippen molar-refractivity contribution in [3.8, 4) is 5.75 Å². The number of hydrogen-bond donors (Lipinski definition) is 0. The second kappa shape index (κ2) is 6.96. The lowest BCUT2D eigenvalue weighted by atomic mass is 9.78. The predicted molar refractivity (Wildman–Crippen MR) is 93.7 cm³/mol. The van der Waals surface area contributed by atoms with E-state index in [2.05, 4.69) is 12.1 Å². The highest BCUT2D eigenvalue weighted by atomic mass is 16.5. The molecule has 2 fully saturated rings. The zero-order chi connectivity index (χ0) is 17.3. The molecule has 0 N–H and O–H groups in total. The van der Waals surface area contributed by atoms with Gasteiger partial charge in [0.15, 0.2) is 0 Å². The molecule has 0 radical (unpaired) electrons. The minimum absolute atomic E-state index is 0.0388. The summed E-state index contributed by atoms with van der Waals surface area (Å²) in [6, 6.07) is 6.25. The molecule has 25 heavy (non-hydrogen) atoms. The molecule has 0 bridgehead atoms. The molecule has 1 aromatic rings. The molecule has 5 heteroatoms. The van der Waals surface area contributed by atoms with Crippen molar-refractivity contribution in [3.05, 3.63) is 29.3 Å². The molecule has 1 unspecified atom stereocenters. The van der Waals surface area contributed by atoms with E-state index < -0.39 is 0 Å². The molecule has 3 heterocycles.